The number of rotatable bonds is 6. The highest BCUT2D eigenvalue weighted by Gasteiger charge is 2.09. The Morgan fingerprint density at radius 2 is 2.12 bits per heavy atom. The summed E-state index contributed by atoms with van der Waals surface area (Å²) in [5, 5.41) is 6.84. The van der Waals surface area contributed by atoms with Crippen molar-refractivity contribution in [2.75, 3.05) is 0 Å². The third-order valence-electron chi connectivity index (χ3n) is 2.58. The lowest BCUT2D eigenvalue weighted by molar-refractivity contribution is 0.0938. The lowest BCUT2D eigenvalue weighted by atomic mass is 10.0. The molecule has 1 N–H and O–H groups in total. The molecular weight excluding hydrogens is 218 g/mol. The van der Waals surface area contributed by atoms with E-state index in [2.05, 4.69) is 26.1 Å². The Labute approximate surface area is 102 Å². The van der Waals surface area contributed by atoms with Crippen LogP contribution in [-0.4, -0.2) is 11.9 Å². The zero-order chi connectivity index (χ0) is 12.0. The first-order valence-electron chi connectivity index (χ1n) is 5.92. The quantitative estimate of drug-likeness (QED) is 0.806. The molecule has 0 fully saturated rings. The molecule has 0 aliphatic carbocycles. The fourth-order valence-electron chi connectivity index (χ4n) is 1.61. The van der Waals surface area contributed by atoms with Gasteiger partial charge in [0.2, 0.25) is 0 Å². The van der Waals surface area contributed by atoms with Gasteiger partial charge in [0.25, 0.3) is 5.91 Å². The van der Waals surface area contributed by atoms with Gasteiger partial charge in [-0.1, -0.05) is 26.7 Å². The average molecular weight is 239 g/mol. The van der Waals surface area contributed by atoms with Crippen LogP contribution in [0.3, 0.4) is 0 Å². The number of hydrogen-bond donors (Lipinski definition) is 1. The second-order valence-electron chi connectivity index (χ2n) is 4.71. The van der Waals surface area contributed by atoms with Crippen LogP contribution in [0.2, 0.25) is 0 Å². The minimum atomic E-state index is 0.0540. The highest BCUT2D eigenvalue weighted by atomic mass is 32.1. The number of nitrogens with one attached hydrogen (secondary N) is 1. The highest BCUT2D eigenvalue weighted by molar-refractivity contribution is 7.08. The largest absolute Gasteiger partial charge is 0.350 e. The first kappa shape index (κ1) is 13.2. The van der Waals surface area contributed by atoms with Crippen LogP contribution in [0.1, 0.15) is 50.4 Å². The Morgan fingerprint density at radius 1 is 1.38 bits per heavy atom. The van der Waals surface area contributed by atoms with Crippen LogP contribution < -0.4 is 5.32 Å². The maximum atomic E-state index is 11.7. The maximum absolute atomic E-state index is 11.7. The van der Waals surface area contributed by atoms with Crippen molar-refractivity contribution < 1.29 is 4.79 Å². The molecule has 0 aliphatic rings. The Balaban J connectivity index is 2.24. The van der Waals surface area contributed by atoms with Gasteiger partial charge in [-0.15, -0.1) is 0 Å². The minimum absolute atomic E-state index is 0.0540. The van der Waals surface area contributed by atoms with Crippen LogP contribution >= 0.6 is 11.3 Å². The summed E-state index contributed by atoms with van der Waals surface area (Å²) in [6.45, 7) is 6.54. The van der Waals surface area contributed by atoms with Gasteiger partial charge in [0, 0.05) is 17.0 Å². The molecule has 0 spiro atoms. The maximum Gasteiger partial charge on any atom is 0.252 e. The number of carbonyl (C=O) groups is 1. The van der Waals surface area contributed by atoms with Gasteiger partial charge >= 0.3 is 0 Å². The number of thiophene rings is 1. The summed E-state index contributed by atoms with van der Waals surface area (Å²) in [6.07, 6.45) is 3.48. The van der Waals surface area contributed by atoms with E-state index in [1.807, 2.05) is 16.8 Å². The monoisotopic (exact) mass is 239 g/mol. The van der Waals surface area contributed by atoms with E-state index in [4.69, 9.17) is 0 Å². The fourth-order valence-corrected chi connectivity index (χ4v) is 2.24. The van der Waals surface area contributed by atoms with Crippen LogP contribution in [0.4, 0.5) is 0 Å². The minimum Gasteiger partial charge on any atom is -0.350 e. The third-order valence-corrected chi connectivity index (χ3v) is 3.26. The van der Waals surface area contributed by atoms with Crippen molar-refractivity contribution in [3.05, 3.63) is 22.4 Å². The van der Waals surface area contributed by atoms with Gasteiger partial charge in [0.05, 0.1) is 0 Å². The molecule has 1 unspecified atom stereocenters. The van der Waals surface area contributed by atoms with Crippen LogP contribution in [0.5, 0.6) is 0 Å². The Kier molecular flexibility index (Phi) is 5.53. The predicted molar refractivity (Wildman–Crippen MR) is 69.9 cm³/mol. The summed E-state index contributed by atoms with van der Waals surface area (Å²) in [5.41, 5.74) is 0.778. The molecule has 2 nitrogen and oxygen atoms in total. The molecule has 0 saturated heterocycles. The number of amides is 1. The van der Waals surface area contributed by atoms with Crippen LogP contribution in [0.25, 0.3) is 0 Å². The van der Waals surface area contributed by atoms with Crippen molar-refractivity contribution in [3.8, 4) is 0 Å². The summed E-state index contributed by atoms with van der Waals surface area (Å²) in [5.74, 6) is 0.804. The Bertz CT molecular complexity index is 306. The van der Waals surface area contributed by atoms with E-state index in [0.717, 1.165) is 17.9 Å². The zero-order valence-electron chi connectivity index (χ0n) is 10.3. The van der Waals surface area contributed by atoms with Crippen molar-refractivity contribution in [3.63, 3.8) is 0 Å². The van der Waals surface area contributed by atoms with E-state index in [1.54, 1.807) is 11.3 Å². The predicted octanol–water partition coefficient (Wildman–Crippen LogP) is 3.69. The van der Waals surface area contributed by atoms with Crippen molar-refractivity contribution >= 4 is 17.2 Å². The molecule has 16 heavy (non-hydrogen) atoms. The number of carbonyl (C=O) groups excluding carboxylic acids is 1. The molecular formula is C13H21NOS. The Morgan fingerprint density at radius 3 is 2.69 bits per heavy atom. The van der Waals surface area contributed by atoms with E-state index in [0.29, 0.717) is 0 Å². The lowest BCUT2D eigenvalue weighted by Gasteiger charge is -2.13. The summed E-state index contributed by atoms with van der Waals surface area (Å²) in [6, 6.07) is 2.13. The van der Waals surface area contributed by atoms with E-state index in [-0.39, 0.29) is 11.9 Å². The van der Waals surface area contributed by atoms with Crippen molar-refractivity contribution in [2.45, 2.75) is 46.1 Å². The third kappa shape index (κ3) is 4.79. The Hall–Kier alpha value is -0.830. The molecule has 90 valence electrons. The second-order valence-corrected chi connectivity index (χ2v) is 5.49. The van der Waals surface area contributed by atoms with Crippen LogP contribution in [0.15, 0.2) is 16.8 Å². The molecule has 1 heterocycles. The second kappa shape index (κ2) is 6.69. The fraction of sp³-hybridized carbons (Fsp3) is 0.615. The van der Waals surface area contributed by atoms with E-state index in [1.165, 1.54) is 12.8 Å². The first-order chi connectivity index (χ1) is 7.59. The zero-order valence-corrected chi connectivity index (χ0v) is 11.1. The number of hydrogen-bond acceptors (Lipinski definition) is 2. The molecule has 0 aliphatic heterocycles. The standard InChI is InChI=1S/C13H21NOS/c1-10(2)5-4-6-11(3)14-13(15)12-7-8-16-9-12/h7-11H,4-6H2,1-3H3,(H,14,15). The van der Waals surface area contributed by atoms with Gasteiger partial charge in [-0.05, 0) is 30.7 Å². The first-order valence-corrected chi connectivity index (χ1v) is 6.87. The van der Waals surface area contributed by atoms with Gasteiger partial charge in [0.15, 0.2) is 0 Å². The van der Waals surface area contributed by atoms with Crippen LogP contribution in [-0.2, 0) is 0 Å². The SMILES string of the molecule is CC(C)CCCC(C)NC(=O)c1ccsc1. The topological polar surface area (TPSA) is 29.1 Å². The van der Waals surface area contributed by atoms with Crippen molar-refractivity contribution in [1.29, 1.82) is 0 Å². The average Bonchev–Trinajstić information content (AvgIpc) is 2.69. The molecule has 3 heteroatoms. The van der Waals surface area contributed by atoms with Gasteiger partial charge < -0.3 is 5.32 Å². The molecule has 0 aromatic carbocycles. The van der Waals surface area contributed by atoms with Gasteiger partial charge in [-0.25, -0.2) is 0 Å². The lowest BCUT2D eigenvalue weighted by Crippen LogP contribution is -2.32. The van der Waals surface area contributed by atoms with E-state index < -0.39 is 0 Å². The molecule has 1 rings (SSSR count). The summed E-state index contributed by atoms with van der Waals surface area (Å²) < 4.78 is 0. The molecule has 1 aromatic heterocycles. The summed E-state index contributed by atoms with van der Waals surface area (Å²) in [7, 11) is 0. The van der Waals surface area contributed by atoms with Crippen molar-refractivity contribution in [1.82, 2.24) is 5.32 Å². The summed E-state index contributed by atoms with van der Waals surface area (Å²) in [4.78, 5) is 11.7. The van der Waals surface area contributed by atoms with Gasteiger partial charge in [-0.3, -0.25) is 4.79 Å². The molecule has 0 bridgehead atoms. The molecule has 1 atom stereocenters. The summed E-state index contributed by atoms with van der Waals surface area (Å²) >= 11 is 1.56. The molecule has 0 radical (unpaired) electrons. The van der Waals surface area contributed by atoms with Gasteiger partial charge in [0.1, 0.15) is 0 Å². The van der Waals surface area contributed by atoms with Crippen molar-refractivity contribution in [2.24, 2.45) is 5.92 Å². The van der Waals surface area contributed by atoms with Gasteiger partial charge in [-0.2, -0.15) is 11.3 Å². The highest BCUT2D eigenvalue weighted by Crippen LogP contribution is 2.10. The molecule has 0 saturated carbocycles. The van der Waals surface area contributed by atoms with E-state index >= 15 is 0 Å². The molecule has 1 amide bonds. The molecule has 1 aromatic rings. The van der Waals surface area contributed by atoms with Crippen LogP contribution in [0, 0.1) is 5.92 Å². The van der Waals surface area contributed by atoms with E-state index in [9.17, 15) is 4.79 Å². The smallest absolute Gasteiger partial charge is 0.252 e. The normalized spacial score (nSPS) is 12.8.